The lowest BCUT2D eigenvalue weighted by molar-refractivity contribution is 0.281. The second kappa shape index (κ2) is 5.85. The van der Waals surface area contributed by atoms with Crippen LogP contribution in [0.25, 0.3) is 0 Å². The summed E-state index contributed by atoms with van der Waals surface area (Å²) in [6.45, 7) is 0.898. The number of aliphatic hydroxyl groups excluding tert-OH is 2. The fraction of sp³-hybridized carbons (Fsp3) is 0.538. The zero-order chi connectivity index (χ0) is 12.3. The molecule has 0 radical (unpaired) electrons. The summed E-state index contributed by atoms with van der Waals surface area (Å²) in [4.78, 5) is 2.26. The summed E-state index contributed by atoms with van der Waals surface area (Å²) in [6, 6.07) is 6.45. The van der Waals surface area contributed by atoms with Crippen molar-refractivity contribution in [3.8, 4) is 0 Å². The summed E-state index contributed by atoms with van der Waals surface area (Å²) < 4.78 is 0.990. The van der Waals surface area contributed by atoms with Gasteiger partial charge in [0.1, 0.15) is 0 Å². The molecular weight excluding hydrogens is 282 g/mol. The van der Waals surface area contributed by atoms with Gasteiger partial charge in [0, 0.05) is 17.1 Å². The van der Waals surface area contributed by atoms with Crippen LogP contribution < -0.4 is 4.90 Å². The second-order valence-electron chi connectivity index (χ2n) is 4.45. The molecule has 0 heterocycles. The Morgan fingerprint density at radius 3 is 2.53 bits per heavy atom. The monoisotopic (exact) mass is 299 g/mol. The first-order valence-corrected chi connectivity index (χ1v) is 6.82. The molecule has 0 amide bonds. The van der Waals surface area contributed by atoms with Crippen LogP contribution >= 0.6 is 15.9 Å². The van der Waals surface area contributed by atoms with E-state index >= 15 is 0 Å². The van der Waals surface area contributed by atoms with Crippen LogP contribution in [0.4, 0.5) is 5.69 Å². The molecule has 2 rings (SSSR count). The first kappa shape index (κ1) is 12.9. The van der Waals surface area contributed by atoms with Crippen molar-refractivity contribution in [3.05, 3.63) is 28.2 Å². The topological polar surface area (TPSA) is 43.7 Å². The molecule has 0 bridgehead atoms. The predicted molar refractivity (Wildman–Crippen MR) is 72.1 cm³/mol. The summed E-state index contributed by atoms with van der Waals surface area (Å²) >= 11 is 3.55. The van der Waals surface area contributed by atoms with E-state index in [1.165, 1.54) is 19.3 Å². The van der Waals surface area contributed by atoms with Gasteiger partial charge in [0.05, 0.1) is 18.9 Å². The molecule has 1 fully saturated rings. The van der Waals surface area contributed by atoms with E-state index in [0.717, 1.165) is 15.7 Å². The van der Waals surface area contributed by atoms with Crippen LogP contribution in [-0.2, 0) is 6.61 Å². The van der Waals surface area contributed by atoms with Crippen molar-refractivity contribution >= 4 is 21.6 Å². The standard InChI is InChI=1S/C13H18BrNO2/c14-12-8-10(9-17)4-5-13(12)15(6-7-16)11-2-1-3-11/h4-5,8,11,16-17H,1-3,6-7,9H2. The van der Waals surface area contributed by atoms with Gasteiger partial charge in [-0.05, 0) is 52.9 Å². The lowest BCUT2D eigenvalue weighted by atomic mass is 9.91. The molecule has 3 nitrogen and oxygen atoms in total. The summed E-state index contributed by atoms with van der Waals surface area (Å²) in [5, 5.41) is 18.2. The maximum absolute atomic E-state index is 9.16. The Balaban J connectivity index is 2.22. The third-order valence-electron chi connectivity index (χ3n) is 3.36. The van der Waals surface area contributed by atoms with Gasteiger partial charge in [0.15, 0.2) is 0 Å². The number of rotatable bonds is 5. The number of anilines is 1. The van der Waals surface area contributed by atoms with E-state index in [-0.39, 0.29) is 13.2 Å². The highest BCUT2D eigenvalue weighted by molar-refractivity contribution is 9.10. The van der Waals surface area contributed by atoms with Crippen LogP contribution in [0, 0.1) is 0 Å². The Labute approximate surface area is 110 Å². The van der Waals surface area contributed by atoms with Gasteiger partial charge < -0.3 is 15.1 Å². The van der Waals surface area contributed by atoms with E-state index in [1.807, 2.05) is 18.2 Å². The SMILES string of the molecule is OCCN(c1ccc(CO)cc1Br)C1CCC1. The highest BCUT2D eigenvalue weighted by Crippen LogP contribution is 2.34. The lowest BCUT2D eigenvalue weighted by Gasteiger charge is -2.39. The summed E-state index contributed by atoms with van der Waals surface area (Å²) in [6.07, 6.45) is 3.68. The van der Waals surface area contributed by atoms with Crippen LogP contribution in [0.1, 0.15) is 24.8 Å². The van der Waals surface area contributed by atoms with E-state index in [4.69, 9.17) is 10.2 Å². The van der Waals surface area contributed by atoms with Gasteiger partial charge in [0.2, 0.25) is 0 Å². The number of nitrogens with zero attached hydrogens (tertiary/aromatic N) is 1. The molecule has 1 aliphatic carbocycles. The van der Waals surface area contributed by atoms with Crippen LogP contribution in [0.5, 0.6) is 0 Å². The fourth-order valence-corrected chi connectivity index (χ4v) is 2.84. The molecule has 1 saturated carbocycles. The molecule has 0 spiro atoms. The van der Waals surface area contributed by atoms with Crippen molar-refractivity contribution < 1.29 is 10.2 Å². The lowest BCUT2D eigenvalue weighted by Crippen LogP contribution is -2.42. The van der Waals surface area contributed by atoms with Gasteiger partial charge in [-0.15, -0.1) is 0 Å². The van der Waals surface area contributed by atoms with Gasteiger partial charge in [-0.2, -0.15) is 0 Å². The number of hydrogen-bond acceptors (Lipinski definition) is 3. The third-order valence-corrected chi connectivity index (χ3v) is 4.00. The normalized spacial score (nSPS) is 15.7. The zero-order valence-electron chi connectivity index (χ0n) is 9.77. The molecule has 94 valence electrons. The first-order chi connectivity index (χ1) is 8.26. The van der Waals surface area contributed by atoms with Crippen LogP contribution in [0.3, 0.4) is 0 Å². The number of aliphatic hydroxyl groups is 2. The van der Waals surface area contributed by atoms with Crippen molar-refractivity contribution in [1.29, 1.82) is 0 Å². The van der Waals surface area contributed by atoms with Crippen LogP contribution in [0.15, 0.2) is 22.7 Å². The molecular formula is C13H18BrNO2. The van der Waals surface area contributed by atoms with Crippen LogP contribution in [0.2, 0.25) is 0 Å². The number of halogens is 1. The van der Waals surface area contributed by atoms with E-state index < -0.39 is 0 Å². The Morgan fingerprint density at radius 1 is 1.29 bits per heavy atom. The molecule has 0 aromatic heterocycles. The maximum Gasteiger partial charge on any atom is 0.0682 e. The molecule has 1 aromatic rings. The van der Waals surface area contributed by atoms with Gasteiger partial charge in [-0.1, -0.05) is 6.07 Å². The van der Waals surface area contributed by atoms with Crippen molar-refractivity contribution in [2.45, 2.75) is 31.9 Å². The Bertz CT molecular complexity index is 380. The molecule has 0 saturated heterocycles. The summed E-state index contributed by atoms with van der Waals surface area (Å²) in [5.41, 5.74) is 2.01. The molecule has 0 unspecified atom stereocenters. The minimum Gasteiger partial charge on any atom is -0.395 e. The number of benzene rings is 1. The van der Waals surface area contributed by atoms with Crippen molar-refractivity contribution in [2.75, 3.05) is 18.1 Å². The molecule has 0 atom stereocenters. The molecule has 0 aliphatic heterocycles. The Morgan fingerprint density at radius 2 is 2.06 bits per heavy atom. The maximum atomic E-state index is 9.16. The van der Waals surface area contributed by atoms with Gasteiger partial charge in [0.25, 0.3) is 0 Å². The number of hydrogen-bond donors (Lipinski definition) is 2. The van der Waals surface area contributed by atoms with E-state index in [2.05, 4.69) is 20.8 Å². The second-order valence-corrected chi connectivity index (χ2v) is 5.30. The smallest absolute Gasteiger partial charge is 0.0682 e. The highest BCUT2D eigenvalue weighted by Gasteiger charge is 2.25. The highest BCUT2D eigenvalue weighted by atomic mass is 79.9. The van der Waals surface area contributed by atoms with Crippen molar-refractivity contribution in [2.24, 2.45) is 0 Å². The van der Waals surface area contributed by atoms with Crippen molar-refractivity contribution in [3.63, 3.8) is 0 Å². The largest absolute Gasteiger partial charge is 0.395 e. The molecule has 1 aliphatic rings. The fourth-order valence-electron chi connectivity index (χ4n) is 2.19. The first-order valence-electron chi connectivity index (χ1n) is 6.03. The van der Waals surface area contributed by atoms with E-state index in [9.17, 15) is 0 Å². The molecule has 4 heteroatoms. The Kier molecular flexibility index (Phi) is 4.42. The quantitative estimate of drug-likeness (QED) is 0.877. The van der Waals surface area contributed by atoms with Crippen molar-refractivity contribution in [1.82, 2.24) is 0 Å². The molecule has 17 heavy (non-hydrogen) atoms. The van der Waals surface area contributed by atoms with Crippen LogP contribution in [-0.4, -0.2) is 29.4 Å². The summed E-state index contributed by atoms with van der Waals surface area (Å²) in [5.74, 6) is 0. The minimum absolute atomic E-state index is 0.0578. The summed E-state index contributed by atoms with van der Waals surface area (Å²) in [7, 11) is 0. The molecule has 1 aromatic carbocycles. The van der Waals surface area contributed by atoms with Gasteiger partial charge in [-0.3, -0.25) is 0 Å². The molecule has 2 N–H and O–H groups in total. The van der Waals surface area contributed by atoms with E-state index in [0.29, 0.717) is 12.6 Å². The predicted octanol–water partition coefficient (Wildman–Crippen LogP) is 2.29. The zero-order valence-corrected chi connectivity index (χ0v) is 11.4. The third kappa shape index (κ3) is 2.81. The van der Waals surface area contributed by atoms with Gasteiger partial charge in [-0.25, -0.2) is 0 Å². The van der Waals surface area contributed by atoms with Gasteiger partial charge >= 0.3 is 0 Å². The van der Waals surface area contributed by atoms with E-state index in [1.54, 1.807) is 0 Å². The Hall–Kier alpha value is -0.580. The average molecular weight is 300 g/mol. The average Bonchev–Trinajstić information content (AvgIpc) is 2.26. The minimum atomic E-state index is 0.0578.